The lowest BCUT2D eigenvalue weighted by Gasteiger charge is -2.21. The highest BCUT2D eigenvalue weighted by Crippen LogP contribution is 2.44. The smallest absolute Gasteiger partial charge is 0.241 e. The fourth-order valence-corrected chi connectivity index (χ4v) is 9.87. The first-order chi connectivity index (χ1) is 23.1. The Morgan fingerprint density at radius 3 is 2.23 bits per heavy atom. The first kappa shape index (κ1) is 27.1. The van der Waals surface area contributed by atoms with Crippen LogP contribution in [0.4, 0.5) is 0 Å². The summed E-state index contributed by atoms with van der Waals surface area (Å²) in [6, 6.07) is 23.3. The third-order valence-corrected chi connectivity index (χ3v) is 12.0. The van der Waals surface area contributed by atoms with Gasteiger partial charge in [-0.25, -0.2) is 19.5 Å². The van der Waals surface area contributed by atoms with Gasteiger partial charge < -0.3 is 0 Å². The number of pyridine rings is 2. The maximum atomic E-state index is 5.24. The molecule has 2 aliphatic rings. The highest BCUT2D eigenvalue weighted by molar-refractivity contribution is 7.25. The highest BCUT2D eigenvalue weighted by atomic mass is 32.1. The second kappa shape index (κ2) is 10.2. The van der Waals surface area contributed by atoms with Gasteiger partial charge in [0.15, 0.2) is 11.6 Å². The number of fused-ring (bicyclic) bond motifs is 9. The number of hydrogen-bond acceptors (Lipinski definition) is 7. The molecule has 6 aromatic heterocycles. The van der Waals surface area contributed by atoms with Crippen LogP contribution in [0.3, 0.4) is 0 Å². The van der Waals surface area contributed by atoms with Gasteiger partial charge in [0, 0.05) is 64.2 Å². The second-order valence-corrected chi connectivity index (χ2v) is 15.0. The van der Waals surface area contributed by atoms with Crippen LogP contribution in [0, 0.1) is 11.8 Å². The van der Waals surface area contributed by atoms with E-state index in [4.69, 9.17) is 24.9 Å². The van der Waals surface area contributed by atoms with Crippen molar-refractivity contribution in [2.75, 3.05) is 0 Å². The second-order valence-electron chi connectivity index (χ2n) is 12.7. The minimum absolute atomic E-state index is 0.254. The van der Waals surface area contributed by atoms with Gasteiger partial charge in [0.2, 0.25) is 5.95 Å². The lowest BCUT2D eigenvalue weighted by Crippen LogP contribution is -2.14. The molecule has 47 heavy (non-hydrogen) atoms. The van der Waals surface area contributed by atoms with Gasteiger partial charge in [0.05, 0.1) is 0 Å². The van der Waals surface area contributed by atoms with Crippen molar-refractivity contribution in [2.45, 2.75) is 26.7 Å². The van der Waals surface area contributed by atoms with Crippen LogP contribution in [0.2, 0.25) is 0 Å². The standard InChI is InChI=1S/C39H28N6S2/c1-21-11-13-25-30-20-28(22(2)18-34(30)47-33(25)17-21)36-42-35(23-12-14-32-29(19-23)24-7-3-4-10-31(24)46-32)43-39(44-36)45-37-26(8-5-15-40-37)27-9-6-16-41-38(27)45/h3-16,19-22H,17-18H2,1-2H3. The van der Waals surface area contributed by atoms with Gasteiger partial charge in [0.25, 0.3) is 0 Å². The van der Waals surface area contributed by atoms with E-state index in [0.29, 0.717) is 23.5 Å². The molecule has 0 amide bonds. The Bertz CT molecular complexity index is 2580. The Hall–Kier alpha value is -5.05. The molecule has 0 radical (unpaired) electrons. The van der Waals surface area contributed by atoms with Gasteiger partial charge in [-0.2, -0.15) is 9.97 Å². The summed E-state index contributed by atoms with van der Waals surface area (Å²) in [6.07, 6.45) is 12.7. The molecule has 2 aromatic carbocycles. The van der Waals surface area contributed by atoms with Crippen LogP contribution >= 0.6 is 22.7 Å². The summed E-state index contributed by atoms with van der Waals surface area (Å²) in [6.45, 7) is 4.59. The summed E-state index contributed by atoms with van der Waals surface area (Å²) in [5.41, 5.74) is 6.36. The van der Waals surface area contributed by atoms with Gasteiger partial charge in [-0.3, -0.25) is 0 Å². The third kappa shape index (κ3) is 4.18. The molecule has 2 unspecified atom stereocenters. The van der Waals surface area contributed by atoms with Gasteiger partial charge in [-0.1, -0.05) is 44.2 Å². The van der Waals surface area contributed by atoms with E-state index in [2.05, 4.69) is 86.7 Å². The van der Waals surface area contributed by atoms with Gasteiger partial charge in [-0.05, 0) is 90.4 Å². The van der Waals surface area contributed by atoms with Gasteiger partial charge in [0.1, 0.15) is 11.3 Å². The number of aromatic nitrogens is 6. The fourth-order valence-electron chi connectivity index (χ4n) is 7.24. The Morgan fingerprint density at radius 2 is 1.40 bits per heavy atom. The zero-order chi connectivity index (χ0) is 31.2. The SMILES string of the molecule is CC1C=Cc2c(sc3c2C=C(c2nc(-c4ccc5sc6ccccc6c5c4)nc(-n4c5ncccc5c5cccnc54)n2)C(C)C3)C1. The van der Waals surface area contributed by atoms with Crippen molar-refractivity contribution in [3.05, 3.63) is 112 Å². The Labute approximate surface area is 278 Å². The molecule has 8 heteroatoms. The summed E-state index contributed by atoms with van der Waals surface area (Å²) >= 11 is 3.79. The maximum absolute atomic E-state index is 5.24. The Morgan fingerprint density at radius 1 is 0.681 bits per heavy atom. The van der Waals surface area contributed by atoms with Crippen LogP contribution in [0.25, 0.3) is 77.3 Å². The van der Waals surface area contributed by atoms with Crippen molar-refractivity contribution in [1.82, 2.24) is 29.5 Å². The lowest BCUT2D eigenvalue weighted by molar-refractivity contribution is 0.726. The minimum Gasteiger partial charge on any atom is -0.245 e. The average molecular weight is 645 g/mol. The fraction of sp³-hybridized carbons (Fsp3) is 0.154. The number of benzene rings is 2. The molecule has 6 heterocycles. The number of allylic oxidation sites excluding steroid dienone is 2. The molecule has 2 aliphatic carbocycles. The minimum atomic E-state index is 0.254. The van der Waals surface area contributed by atoms with Gasteiger partial charge >= 0.3 is 0 Å². The molecular formula is C39H28N6S2. The largest absolute Gasteiger partial charge is 0.245 e. The van der Waals surface area contributed by atoms with Crippen LogP contribution < -0.4 is 0 Å². The summed E-state index contributed by atoms with van der Waals surface area (Å²) in [7, 11) is 0. The molecule has 0 aliphatic heterocycles. The molecule has 2 atom stereocenters. The van der Waals surface area contributed by atoms with E-state index in [1.165, 1.54) is 41.1 Å². The molecule has 0 bridgehead atoms. The van der Waals surface area contributed by atoms with Crippen molar-refractivity contribution in [3.8, 4) is 17.3 Å². The average Bonchev–Trinajstić information content (AvgIpc) is 3.76. The molecule has 0 saturated carbocycles. The highest BCUT2D eigenvalue weighted by Gasteiger charge is 2.29. The first-order valence-corrected chi connectivity index (χ1v) is 17.7. The van der Waals surface area contributed by atoms with E-state index in [1.54, 1.807) is 0 Å². The Balaban J connectivity index is 1.23. The molecule has 0 N–H and O–H groups in total. The zero-order valence-corrected chi connectivity index (χ0v) is 27.4. The molecule has 0 fully saturated rings. The van der Waals surface area contributed by atoms with Crippen LogP contribution in [0.1, 0.15) is 40.6 Å². The van der Waals surface area contributed by atoms with Gasteiger partial charge in [-0.15, -0.1) is 22.7 Å². The molecule has 8 aromatic rings. The van der Waals surface area contributed by atoms with E-state index in [1.807, 2.05) is 51.8 Å². The number of rotatable bonds is 3. The summed E-state index contributed by atoms with van der Waals surface area (Å²) < 4.78 is 4.52. The summed E-state index contributed by atoms with van der Waals surface area (Å²) in [5.74, 6) is 2.70. The van der Waals surface area contributed by atoms with E-state index < -0.39 is 0 Å². The maximum Gasteiger partial charge on any atom is 0.241 e. The molecule has 226 valence electrons. The zero-order valence-electron chi connectivity index (χ0n) is 25.8. The van der Waals surface area contributed by atoms with Crippen molar-refractivity contribution in [2.24, 2.45) is 11.8 Å². The number of thiophene rings is 2. The lowest BCUT2D eigenvalue weighted by atomic mass is 9.85. The normalized spacial score (nSPS) is 17.4. The van der Waals surface area contributed by atoms with Crippen LogP contribution in [0.15, 0.2) is 85.2 Å². The van der Waals surface area contributed by atoms with Crippen molar-refractivity contribution in [1.29, 1.82) is 0 Å². The van der Waals surface area contributed by atoms with E-state index in [9.17, 15) is 0 Å². The van der Waals surface area contributed by atoms with Crippen LogP contribution in [-0.2, 0) is 12.8 Å². The Kier molecular flexibility index (Phi) is 5.90. The van der Waals surface area contributed by atoms with Crippen molar-refractivity contribution < 1.29 is 0 Å². The molecule has 10 rings (SSSR count). The first-order valence-electron chi connectivity index (χ1n) is 16.0. The summed E-state index contributed by atoms with van der Waals surface area (Å²) in [4.78, 5) is 28.2. The summed E-state index contributed by atoms with van der Waals surface area (Å²) in [5, 5.41) is 4.50. The third-order valence-electron chi connectivity index (χ3n) is 9.56. The van der Waals surface area contributed by atoms with Crippen molar-refractivity contribution in [3.63, 3.8) is 0 Å². The number of nitrogens with zero attached hydrogens (tertiary/aromatic N) is 6. The van der Waals surface area contributed by atoms with E-state index in [0.717, 1.165) is 46.0 Å². The predicted octanol–water partition coefficient (Wildman–Crippen LogP) is 9.79. The predicted molar refractivity (Wildman–Crippen MR) is 195 cm³/mol. The topological polar surface area (TPSA) is 69.4 Å². The van der Waals surface area contributed by atoms with Crippen LogP contribution in [0.5, 0.6) is 0 Å². The number of hydrogen-bond donors (Lipinski definition) is 0. The quantitative estimate of drug-likeness (QED) is 0.192. The molecule has 0 saturated heterocycles. The van der Waals surface area contributed by atoms with Crippen LogP contribution in [-0.4, -0.2) is 29.5 Å². The van der Waals surface area contributed by atoms with E-state index >= 15 is 0 Å². The molecular weight excluding hydrogens is 617 g/mol. The van der Waals surface area contributed by atoms with Crippen molar-refractivity contribution >= 4 is 82.6 Å². The monoisotopic (exact) mass is 644 g/mol. The molecule has 0 spiro atoms. The van der Waals surface area contributed by atoms with E-state index in [-0.39, 0.29) is 5.92 Å². The molecule has 6 nitrogen and oxygen atoms in total.